The maximum absolute atomic E-state index is 6.04. The number of thiophene rings is 1. The van der Waals surface area contributed by atoms with Crippen molar-refractivity contribution in [2.75, 3.05) is 26.0 Å². The first-order valence-electron chi connectivity index (χ1n) is 12.0. The fraction of sp³-hybridized carbons (Fsp3) is 0.370. The van der Waals surface area contributed by atoms with Gasteiger partial charge in [-0.1, -0.05) is 0 Å². The first-order chi connectivity index (χ1) is 16.9. The number of aromatic nitrogens is 3. The second-order valence-electron chi connectivity index (χ2n) is 9.42. The molecule has 0 saturated heterocycles. The van der Waals surface area contributed by atoms with Gasteiger partial charge in [0.1, 0.15) is 28.5 Å². The van der Waals surface area contributed by atoms with Gasteiger partial charge >= 0.3 is 0 Å². The van der Waals surface area contributed by atoms with E-state index in [1.54, 1.807) is 23.9 Å². The Morgan fingerprint density at radius 3 is 2.71 bits per heavy atom. The molecule has 0 bridgehead atoms. The molecule has 0 fully saturated rings. The number of nitrogens with zero attached hydrogens (tertiary/aromatic N) is 5. The van der Waals surface area contributed by atoms with E-state index in [2.05, 4.69) is 64.1 Å². The number of fused-ring (bicyclic) bond motifs is 3. The average Bonchev–Trinajstić information content (AvgIpc) is 3.06. The lowest BCUT2D eigenvalue weighted by Crippen LogP contribution is -2.42. The summed E-state index contributed by atoms with van der Waals surface area (Å²) in [6, 6.07) is 10.0. The number of rotatable bonds is 6. The van der Waals surface area contributed by atoms with E-state index >= 15 is 0 Å². The second kappa shape index (κ2) is 9.89. The Kier molecular flexibility index (Phi) is 6.69. The molecule has 1 aromatic carbocycles. The van der Waals surface area contributed by atoms with E-state index in [0.29, 0.717) is 6.17 Å². The minimum Gasteiger partial charge on any atom is -0.455 e. The van der Waals surface area contributed by atoms with Crippen LogP contribution in [-0.4, -0.2) is 51.6 Å². The Labute approximate surface area is 210 Å². The van der Waals surface area contributed by atoms with E-state index in [1.807, 2.05) is 31.2 Å². The second-order valence-corrected chi connectivity index (χ2v) is 10.5. The SMILES string of the molecule is Cc1ccc(Oc2ccc(Nc3ncnc4sc5c(c34)CCCN(C(C)N(C)C)C5)cc2C)cn1. The molecule has 7 nitrogen and oxygen atoms in total. The zero-order chi connectivity index (χ0) is 24.5. The zero-order valence-corrected chi connectivity index (χ0v) is 21.8. The van der Waals surface area contributed by atoms with Crippen molar-refractivity contribution in [1.82, 2.24) is 24.8 Å². The normalized spacial score (nSPS) is 15.1. The summed E-state index contributed by atoms with van der Waals surface area (Å²) in [6.45, 7) is 8.33. The molecule has 4 aromatic rings. The van der Waals surface area contributed by atoms with Crippen molar-refractivity contribution in [3.05, 3.63) is 64.6 Å². The highest BCUT2D eigenvalue weighted by molar-refractivity contribution is 7.18. The number of hydrogen-bond acceptors (Lipinski definition) is 8. The fourth-order valence-corrected chi connectivity index (χ4v) is 5.72. The highest BCUT2D eigenvalue weighted by Gasteiger charge is 2.25. The highest BCUT2D eigenvalue weighted by atomic mass is 32.1. The molecule has 1 atom stereocenters. The molecule has 1 aliphatic heterocycles. The van der Waals surface area contributed by atoms with Crippen LogP contribution < -0.4 is 10.1 Å². The molecule has 1 N–H and O–H groups in total. The van der Waals surface area contributed by atoms with Gasteiger partial charge in [0.2, 0.25) is 0 Å². The van der Waals surface area contributed by atoms with Crippen molar-refractivity contribution in [3.8, 4) is 11.5 Å². The van der Waals surface area contributed by atoms with Crippen LogP contribution in [0.2, 0.25) is 0 Å². The standard InChI is InChI=1S/C27H32N6OS/c1-17-13-20(9-11-23(17)34-21-10-8-18(2)28-14-21)31-26-25-22-7-6-12-33(19(3)32(4)5)15-24(22)35-27(25)30-16-29-26/h8-11,13-14,16,19H,6-7,12,15H2,1-5H3,(H,29,30,31). The summed E-state index contributed by atoms with van der Waals surface area (Å²) in [6.07, 6.45) is 5.99. The van der Waals surface area contributed by atoms with Crippen LogP contribution in [0.25, 0.3) is 10.2 Å². The summed E-state index contributed by atoms with van der Waals surface area (Å²) in [5.74, 6) is 2.42. The average molecular weight is 489 g/mol. The molecule has 1 unspecified atom stereocenters. The van der Waals surface area contributed by atoms with Gasteiger partial charge in [-0.05, 0) is 89.2 Å². The van der Waals surface area contributed by atoms with Gasteiger partial charge in [-0.2, -0.15) is 0 Å². The lowest BCUT2D eigenvalue weighted by molar-refractivity contribution is 0.0888. The van der Waals surface area contributed by atoms with Gasteiger partial charge in [-0.15, -0.1) is 11.3 Å². The van der Waals surface area contributed by atoms with E-state index in [-0.39, 0.29) is 0 Å². The van der Waals surface area contributed by atoms with Crippen molar-refractivity contribution in [2.24, 2.45) is 0 Å². The first-order valence-corrected chi connectivity index (χ1v) is 12.8. The molecule has 182 valence electrons. The van der Waals surface area contributed by atoms with Crippen LogP contribution in [-0.2, 0) is 13.0 Å². The highest BCUT2D eigenvalue weighted by Crippen LogP contribution is 2.38. The number of anilines is 2. The third-order valence-electron chi connectivity index (χ3n) is 6.72. The van der Waals surface area contributed by atoms with Crippen molar-refractivity contribution in [2.45, 2.75) is 46.3 Å². The Hall–Kier alpha value is -3.07. The van der Waals surface area contributed by atoms with Crippen LogP contribution in [0.1, 0.15) is 35.0 Å². The maximum Gasteiger partial charge on any atom is 0.145 e. The van der Waals surface area contributed by atoms with E-state index < -0.39 is 0 Å². The lowest BCUT2D eigenvalue weighted by Gasteiger charge is -2.32. The Bertz CT molecular complexity index is 1330. The summed E-state index contributed by atoms with van der Waals surface area (Å²) in [5, 5.41) is 4.72. The number of aryl methyl sites for hydroxylation is 3. The quantitative estimate of drug-likeness (QED) is 0.363. The van der Waals surface area contributed by atoms with Gasteiger partial charge in [0, 0.05) is 29.3 Å². The molecule has 0 radical (unpaired) electrons. The monoisotopic (exact) mass is 488 g/mol. The first kappa shape index (κ1) is 23.7. The largest absolute Gasteiger partial charge is 0.455 e. The van der Waals surface area contributed by atoms with E-state index in [0.717, 1.165) is 70.4 Å². The number of pyridine rings is 1. The van der Waals surface area contributed by atoms with Gasteiger partial charge in [0.15, 0.2) is 0 Å². The van der Waals surface area contributed by atoms with Gasteiger partial charge in [0.05, 0.1) is 17.7 Å². The number of ether oxygens (including phenoxy) is 1. The van der Waals surface area contributed by atoms with Crippen LogP contribution in [0.4, 0.5) is 11.5 Å². The van der Waals surface area contributed by atoms with Gasteiger partial charge in [-0.3, -0.25) is 14.8 Å². The Morgan fingerprint density at radius 2 is 1.97 bits per heavy atom. The molecule has 0 spiro atoms. The van der Waals surface area contributed by atoms with Crippen molar-refractivity contribution < 1.29 is 4.74 Å². The molecule has 3 aromatic heterocycles. The maximum atomic E-state index is 6.04. The topological polar surface area (TPSA) is 66.4 Å². The third kappa shape index (κ3) is 5.00. The number of nitrogens with one attached hydrogen (secondary N) is 1. The van der Waals surface area contributed by atoms with E-state index in [4.69, 9.17) is 4.74 Å². The molecule has 5 rings (SSSR count). The smallest absolute Gasteiger partial charge is 0.145 e. The molecule has 0 saturated carbocycles. The minimum atomic E-state index is 0.397. The summed E-state index contributed by atoms with van der Waals surface area (Å²) < 4.78 is 6.04. The van der Waals surface area contributed by atoms with Gasteiger partial charge < -0.3 is 10.1 Å². The summed E-state index contributed by atoms with van der Waals surface area (Å²) >= 11 is 1.80. The van der Waals surface area contributed by atoms with Crippen molar-refractivity contribution in [3.63, 3.8) is 0 Å². The number of hydrogen-bond donors (Lipinski definition) is 1. The van der Waals surface area contributed by atoms with Crippen LogP contribution in [0.15, 0.2) is 42.9 Å². The lowest BCUT2D eigenvalue weighted by atomic mass is 10.1. The Morgan fingerprint density at radius 1 is 1.11 bits per heavy atom. The van der Waals surface area contributed by atoms with Crippen LogP contribution >= 0.6 is 11.3 Å². The molecule has 0 aliphatic carbocycles. The molecule has 0 amide bonds. The fourth-order valence-electron chi connectivity index (χ4n) is 4.51. The summed E-state index contributed by atoms with van der Waals surface area (Å²) in [7, 11) is 4.29. The minimum absolute atomic E-state index is 0.397. The molecule has 4 heterocycles. The predicted octanol–water partition coefficient (Wildman–Crippen LogP) is 5.89. The zero-order valence-electron chi connectivity index (χ0n) is 21.0. The van der Waals surface area contributed by atoms with Crippen LogP contribution in [0.5, 0.6) is 11.5 Å². The van der Waals surface area contributed by atoms with Crippen LogP contribution in [0.3, 0.4) is 0 Å². The van der Waals surface area contributed by atoms with Crippen molar-refractivity contribution in [1.29, 1.82) is 0 Å². The molecule has 8 heteroatoms. The van der Waals surface area contributed by atoms with E-state index in [9.17, 15) is 0 Å². The molecular formula is C27H32N6OS. The third-order valence-corrected chi connectivity index (χ3v) is 7.84. The number of benzene rings is 1. The van der Waals surface area contributed by atoms with Gasteiger partial charge in [0.25, 0.3) is 0 Å². The van der Waals surface area contributed by atoms with Crippen LogP contribution in [0, 0.1) is 13.8 Å². The summed E-state index contributed by atoms with van der Waals surface area (Å²) in [4.78, 5) is 20.9. The molecule has 1 aliphatic rings. The predicted molar refractivity (Wildman–Crippen MR) is 143 cm³/mol. The van der Waals surface area contributed by atoms with Gasteiger partial charge in [-0.25, -0.2) is 9.97 Å². The van der Waals surface area contributed by atoms with Crippen molar-refractivity contribution >= 4 is 33.1 Å². The molecular weight excluding hydrogens is 456 g/mol. The molecule has 35 heavy (non-hydrogen) atoms. The van der Waals surface area contributed by atoms with E-state index in [1.165, 1.54) is 10.4 Å². The summed E-state index contributed by atoms with van der Waals surface area (Å²) in [5.41, 5.74) is 4.38. The Balaban J connectivity index is 1.41.